The highest BCUT2D eigenvalue weighted by Gasteiger charge is 2.10. The molecule has 3 nitrogen and oxygen atoms in total. The summed E-state index contributed by atoms with van der Waals surface area (Å²) in [5.41, 5.74) is 1.55. The number of hydrogen-bond acceptors (Lipinski definition) is 3. The summed E-state index contributed by atoms with van der Waals surface area (Å²) in [5, 5.41) is 10.0. The van der Waals surface area contributed by atoms with Gasteiger partial charge in [0.15, 0.2) is 0 Å². The number of benzene rings is 1. The molecule has 100 valence electrons. The third-order valence-electron chi connectivity index (χ3n) is 2.64. The number of ether oxygens (including phenoxy) is 1. The van der Waals surface area contributed by atoms with E-state index in [0.717, 1.165) is 5.56 Å². The van der Waals surface area contributed by atoms with Gasteiger partial charge in [-0.05, 0) is 29.3 Å². The van der Waals surface area contributed by atoms with Crippen molar-refractivity contribution in [1.82, 2.24) is 4.98 Å². The van der Waals surface area contributed by atoms with E-state index >= 15 is 0 Å². The molecule has 19 heavy (non-hydrogen) atoms. The van der Waals surface area contributed by atoms with Crippen molar-refractivity contribution in [3.63, 3.8) is 0 Å². The molecule has 0 aliphatic carbocycles. The highest BCUT2D eigenvalue weighted by molar-refractivity contribution is 5.29. The molecule has 1 atom stereocenters. The van der Waals surface area contributed by atoms with E-state index in [1.165, 1.54) is 12.1 Å². The van der Waals surface area contributed by atoms with Crippen LogP contribution in [0.25, 0.3) is 0 Å². The van der Waals surface area contributed by atoms with Crippen molar-refractivity contribution in [1.29, 1.82) is 0 Å². The number of halogens is 2. The summed E-state index contributed by atoms with van der Waals surface area (Å²) in [4.78, 5) is 3.96. The first kappa shape index (κ1) is 13.4. The van der Waals surface area contributed by atoms with E-state index < -0.39 is 12.7 Å². The zero-order valence-corrected chi connectivity index (χ0v) is 10.0. The maximum atomic E-state index is 12.0. The van der Waals surface area contributed by atoms with Gasteiger partial charge >= 0.3 is 6.61 Å². The largest absolute Gasteiger partial charge is 0.435 e. The lowest BCUT2D eigenvalue weighted by atomic mass is 10.0. The molecule has 2 rings (SSSR count). The van der Waals surface area contributed by atoms with Gasteiger partial charge in [-0.3, -0.25) is 4.98 Å². The predicted molar refractivity (Wildman–Crippen MR) is 66.0 cm³/mol. The number of rotatable bonds is 5. The topological polar surface area (TPSA) is 42.4 Å². The Hall–Kier alpha value is -2.01. The van der Waals surface area contributed by atoms with E-state index in [0.29, 0.717) is 12.0 Å². The first-order chi connectivity index (χ1) is 9.15. The Morgan fingerprint density at radius 3 is 2.47 bits per heavy atom. The molecule has 1 aromatic heterocycles. The van der Waals surface area contributed by atoms with Crippen molar-refractivity contribution >= 4 is 0 Å². The minimum atomic E-state index is -2.84. The van der Waals surface area contributed by atoms with Crippen LogP contribution in [0.15, 0.2) is 48.8 Å². The van der Waals surface area contributed by atoms with Gasteiger partial charge in [-0.1, -0.05) is 18.2 Å². The smallest absolute Gasteiger partial charge is 0.387 e. The van der Waals surface area contributed by atoms with Crippen LogP contribution < -0.4 is 4.74 Å². The van der Waals surface area contributed by atoms with Gasteiger partial charge in [-0.25, -0.2) is 0 Å². The van der Waals surface area contributed by atoms with Crippen molar-refractivity contribution in [2.75, 3.05) is 0 Å². The average Bonchev–Trinajstić information content (AvgIpc) is 2.40. The maximum absolute atomic E-state index is 12.0. The predicted octanol–water partition coefficient (Wildman–Crippen LogP) is 2.96. The molecule has 0 aliphatic rings. The molecule has 1 heterocycles. The van der Waals surface area contributed by atoms with Crippen molar-refractivity contribution in [3.8, 4) is 5.75 Å². The van der Waals surface area contributed by atoms with Gasteiger partial charge in [0.05, 0.1) is 6.10 Å². The van der Waals surface area contributed by atoms with Crippen LogP contribution in [0.1, 0.15) is 17.2 Å². The number of pyridine rings is 1. The van der Waals surface area contributed by atoms with Gasteiger partial charge in [0.2, 0.25) is 0 Å². The summed E-state index contributed by atoms with van der Waals surface area (Å²) in [7, 11) is 0. The number of nitrogens with zero attached hydrogens (tertiary/aromatic N) is 1. The Morgan fingerprint density at radius 2 is 1.89 bits per heavy atom. The van der Waals surface area contributed by atoms with Crippen LogP contribution in [0.4, 0.5) is 8.78 Å². The van der Waals surface area contributed by atoms with Crippen molar-refractivity contribution in [2.24, 2.45) is 0 Å². The zero-order chi connectivity index (χ0) is 13.7. The van der Waals surface area contributed by atoms with E-state index in [1.807, 2.05) is 6.07 Å². The highest BCUT2D eigenvalue weighted by Crippen LogP contribution is 2.21. The Labute approximate surface area is 109 Å². The van der Waals surface area contributed by atoms with E-state index in [4.69, 9.17) is 0 Å². The second kappa shape index (κ2) is 6.24. The SMILES string of the molecule is OC(Cc1cccnc1)c1ccc(OC(F)F)cc1. The zero-order valence-electron chi connectivity index (χ0n) is 10.0. The van der Waals surface area contributed by atoms with Crippen molar-refractivity contribution in [2.45, 2.75) is 19.1 Å². The van der Waals surface area contributed by atoms with Gasteiger partial charge < -0.3 is 9.84 Å². The Kier molecular flexibility index (Phi) is 4.41. The van der Waals surface area contributed by atoms with Crippen molar-refractivity contribution in [3.05, 3.63) is 59.9 Å². The molecule has 0 bridgehead atoms. The summed E-state index contributed by atoms with van der Waals surface area (Å²) >= 11 is 0. The molecule has 0 aliphatic heterocycles. The molecular formula is C14H13F2NO2. The number of hydrogen-bond donors (Lipinski definition) is 1. The molecule has 1 aromatic carbocycles. The molecule has 0 radical (unpaired) electrons. The van der Waals surface area contributed by atoms with Gasteiger partial charge in [0.25, 0.3) is 0 Å². The lowest BCUT2D eigenvalue weighted by Gasteiger charge is -2.11. The quantitative estimate of drug-likeness (QED) is 0.903. The highest BCUT2D eigenvalue weighted by atomic mass is 19.3. The first-order valence-electron chi connectivity index (χ1n) is 5.77. The third-order valence-corrected chi connectivity index (χ3v) is 2.64. The number of aliphatic hydroxyl groups excluding tert-OH is 1. The minimum absolute atomic E-state index is 0.0762. The lowest BCUT2D eigenvalue weighted by Crippen LogP contribution is -2.04. The van der Waals surface area contributed by atoms with Crippen LogP contribution in [0, 0.1) is 0 Å². The molecule has 0 amide bonds. The monoisotopic (exact) mass is 265 g/mol. The standard InChI is InChI=1S/C14H13F2NO2/c15-14(16)19-12-5-3-11(4-6-12)13(18)8-10-2-1-7-17-9-10/h1-7,9,13-14,18H,8H2. The second-order valence-corrected chi connectivity index (χ2v) is 4.03. The number of alkyl halides is 2. The molecular weight excluding hydrogens is 252 g/mol. The van der Waals surface area contributed by atoms with Gasteiger partial charge in [0.1, 0.15) is 5.75 Å². The van der Waals surface area contributed by atoms with Crippen LogP contribution in [-0.2, 0) is 6.42 Å². The molecule has 0 saturated carbocycles. The van der Waals surface area contributed by atoms with Crippen LogP contribution in [-0.4, -0.2) is 16.7 Å². The summed E-state index contributed by atoms with van der Waals surface area (Å²) < 4.78 is 28.2. The fourth-order valence-electron chi connectivity index (χ4n) is 1.73. The van der Waals surface area contributed by atoms with E-state index in [1.54, 1.807) is 30.6 Å². The molecule has 2 aromatic rings. The summed E-state index contributed by atoms with van der Waals surface area (Å²) in [5.74, 6) is 0.0762. The lowest BCUT2D eigenvalue weighted by molar-refractivity contribution is -0.0498. The third kappa shape index (κ3) is 3.99. The Morgan fingerprint density at radius 1 is 1.16 bits per heavy atom. The molecule has 0 fully saturated rings. The summed E-state index contributed by atoms with van der Waals surface area (Å²) in [6, 6.07) is 9.62. The van der Waals surface area contributed by atoms with Crippen molar-refractivity contribution < 1.29 is 18.6 Å². The van der Waals surface area contributed by atoms with E-state index in [-0.39, 0.29) is 5.75 Å². The van der Waals surface area contributed by atoms with Crippen LogP contribution in [0.3, 0.4) is 0 Å². The van der Waals surface area contributed by atoms with Gasteiger partial charge in [-0.2, -0.15) is 8.78 Å². The Balaban J connectivity index is 2.01. The minimum Gasteiger partial charge on any atom is -0.435 e. The Bertz CT molecular complexity index is 503. The van der Waals surface area contributed by atoms with Crippen LogP contribution in [0.2, 0.25) is 0 Å². The van der Waals surface area contributed by atoms with Gasteiger partial charge in [-0.15, -0.1) is 0 Å². The summed E-state index contributed by atoms with van der Waals surface area (Å²) in [6.07, 6.45) is 3.05. The molecule has 1 N–H and O–H groups in total. The second-order valence-electron chi connectivity index (χ2n) is 4.03. The number of aliphatic hydroxyl groups is 1. The van der Waals surface area contributed by atoms with Crippen LogP contribution >= 0.6 is 0 Å². The normalized spacial score (nSPS) is 12.4. The number of aromatic nitrogens is 1. The maximum Gasteiger partial charge on any atom is 0.387 e. The fourth-order valence-corrected chi connectivity index (χ4v) is 1.73. The molecule has 5 heteroatoms. The average molecular weight is 265 g/mol. The van der Waals surface area contributed by atoms with Gasteiger partial charge in [0, 0.05) is 18.8 Å². The molecule has 0 spiro atoms. The van der Waals surface area contributed by atoms with E-state index in [9.17, 15) is 13.9 Å². The summed E-state index contributed by atoms with van der Waals surface area (Å²) in [6.45, 7) is -2.84. The fraction of sp³-hybridized carbons (Fsp3) is 0.214. The first-order valence-corrected chi connectivity index (χ1v) is 5.77. The molecule has 0 saturated heterocycles. The van der Waals surface area contributed by atoms with E-state index in [2.05, 4.69) is 9.72 Å². The molecule has 1 unspecified atom stereocenters. The van der Waals surface area contributed by atoms with Crippen LogP contribution in [0.5, 0.6) is 5.75 Å².